The molecule has 0 radical (unpaired) electrons. The molecule has 1 aromatic rings. The van der Waals surface area contributed by atoms with Crippen molar-refractivity contribution in [2.24, 2.45) is 5.92 Å². The Bertz CT molecular complexity index is 437. The molecule has 0 amide bonds. The Morgan fingerprint density at radius 1 is 1.37 bits per heavy atom. The van der Waals surface area contributed by atoms with Gasteiger partial charge in [0.15, 0.2) is 0 Å². The minimum absolute atomic E-state index is 0.0856. The highest BCUT2D eigenvalue weighted by atomic mass is 16.5. The van der Waals surface area contributed by atoms with Gasteiger partial charge in [0.25, 0.3) is 0 Å². The molecule has 0 fully saturated rings. The second-order valence-corrected chi connectivity index (χ2v) is 6.80. The summed E-state index contributed by atoms with van der Waals surface area (Å²) >= 11 is 0. The van der Waals surface area contributed by atoms with Crippen molar-refractivity contribution in [3.63, 3.8) is 0 Å². The fourth-order valence-corrected chi connectivity index (χ4v) is 2.70. The van der Waals surface area contributed by atoms with Crippen molar-refractivity contribution in [3.8, 4) is 5.75 Å². The van der Waals surface area contributed by atoms with Crippen LogP contribution in [0.4, 0.5) is 0 Å². The predicted molar refractivity (Wildman–Crippen MR) is 80.7 cm³/mol. The molecule has 1 N–H and O–H groups in total. The molecule has 1 heterocycles. The summed E-state index contributed by atoms with van der Waals surface area (Å²) in [7, 11) is 0. The quantitative estimate of drug-likeness (QED) is 0.875. The van der Waals surface area contributed by atoms with Crippen LogP contribution < -0.4 is 10.1 Å². The van der Waals surface area contributed by atoms with Crippen LogP contribution in [0.1, 0.15) is 57.7 Å². The summed E-state index contributed by atoms with van der Waals surface area (Å²) in [6.45, 7) is 12.1. The number of ether oxygens (including phenoxy) is 1. The predicted octanol–water partition coefficient (Wildman–Crippen LogP) is 4.23. The van der Waals surface area contributed by atoms with Crippen LogP contribution in [-0.4, -0.2) is 12.1 Å². The van der Waals surface area contributed by atoms with Crippen molar-refractivity contribution in [1.29, 1.82) is 0 Å². The number of rotatable bonds is 4. The molecule has 2 heteroatoms. The first-order valence-electron chi connectivity index (χ1n) is 7.40. The van der Waals surface area contributed by atoms with Crippen LogP contribution in [0.3, 0.4) is 0 Å². The maximum atomic E-state index is 6.09. The molecule has 0 aliphatic carbocycles. The van der Waals surface area contributed by atoms with Crippen LogP contribution in [0, 0.1) is 12.8 Å². The molecule has 106 valence electrons. The van der Waals surface area contributed by atoms with Gasteiger partial charge in [-0.05, 0) is 45.7 Å². The smallest absolute Gasteiger partial charge is 0.124 e. The lowest BCUT2D eigenvalue weighted by Gasteiger charge is -2.38. The number of hydrogen-bond donors (Lipinski definition) is 1. The van der Waals surface area contributed by atoms with E-state index in [1.165, 1.54) is 17.5 Å². The third kappa shape index (κ3) is 3.73. The monoisotopic (exact) mass is 261 g/mol. The summed E-state index contributed by atoms with van der Waals surface area (Å²) in [5.74, 6) is 1.79. The van der Waals surface area contributed by atoms with Crippen molar-refractivity contribution < 1.29 is 4.74 Å². The van der Waals surface area contributed by atoms with E-state index in [9.17, 15) is 0 Å². The maximum absolute atomic E-state index is 6.09. The number of nitrogens with one attached hydrogen (secondary N) is 1. The first-order chi connectivity index (χ1) is 8.87. The largest absolute Gasteiger partial charge is 0.487 e. The van der Waals surface area contributed by atoms with E-state index in [0.29, 0.717) is 6.04 Å². The van der Waals surface area contributed by atoms with Crippen LogP contribution in [0.15, 0.2) is 18.2 Å². The Kier molecular flexibility index (Phi) is 4.19. The molecular formula is C17H27NO. The Morgan fingerprint density at radius 3 is 2.79 bits per heavy atom. The minimum atomic E-state index is -0.0856. The van der Waals surface area contributed by atoms with E-state index in [0.717, 1.165) is 24.6 Å². The number of benzene rings is 1. The zero-order chi connectivity index (χ0) is 14.0. The molecule has 0 bridgehead atoms. The molecule has 1 aromatic carbocycles. The average Bonchev–Trinajstić information content (AvgIpc) is 2.28. The van der Waals surface area contributed by atoms with Crippen molar-refractivity contribution in [3.05, 3.63) is 29.3 Å². The van der Waals surface area contributed by atoms with E-state index >= 15 is 0 Å². The highest BCUT2D eigenvalue weighted by molar-refractivity contribution is 5.41. The number of aryl methyl sites for hydroxylation is 1. The molecule has 2 nitrogen and oxygen atoms in total. The Balaban J connectivity index is 2.16. The van der Waals surface area contributed by atoms with Gasteiger partial charge in [0, 0.05) is 18.0 Å². The van der Waals surface area contributed by atoms with Gasteiger partial charge in [-0.1, -0.05) is 31.5 Å². The van der Waals surface area contributed by atoms with Gasteiger partial charge in [0.1, 0.15) is 11.4 Å². The molecule has 19 heavy (non-hydrogen) atoms. The summed E-state index contributed by atoms with van der Waals surface area (Å²) in [4.78, 5) is 0. The molecule has 0 saturated heterocycles. The molecule has 1 aliphatic rings. The first-order valence-corrected chi connectivity index (χ1v) is 7.40. The standard InChI is InChI=1S/C17H27NO/c1-12(2)8-9-18-15-11-17(4,5)19-16-7-6-13(3)10-14(15)16/h6-7,10,12,15,18H,8-9,11H2,1-5H3. The number of fused-ring (bicyclic) bond motifs is 1. The average molecular weight is 261 g/mol. The molecule has 1 aliphatic heterocycles. The third-order valence-electron chi connectivity index (χ3n) is 3.74. The van der Waals surface area contributed by atoms with E-state index in [4.69, 9.17) is 4.74 Å². The van der Waals surface area contributed by atoms with Crippen molar-refractivity contribution in [1.82, 2.24) is 5.32 Å². The Labute approximate surface area is 117 Å². The molecule has 1 atom stereocenters. The zero-order valence-corrected chi connectivity index (χ0v) is 12.9. The summed E-state index contributed by atoms with van der Waals surface area (Å²) in [5, 5.41) is 3.71. The van der Waals surface area contributed by atoms with Crippen molar-refractivity contribution in [2.75, 3.05) is 6.54 Å². The van der Waals surface area contributed by atoms with Gasteiger partial charge in [-0.2, -0.15) is 0 Å². The SMILES string of the molecule is Cc1ccc2c(c1)C(NCCC(C)C)CC(C)(C)O2. The lowest BCUT2D eigenvalue weighted by atomic mass is 9.89. The second-order valence-electron chi connectivity index (χ2n) is 6.80. The minimum Gasteiger partial charge on any atom is -0.487 e. The summed E-state index contributed by atoms with van der Waals surface area (Å²) < 4.78 is 6.09. The van der Waals surface area contributed by atoms with E-state index < -0.39 is 0 Å². The van der Waals surface area contributed by atoms with Crippen LogP contribution in [0.25, 0.3) is 0 Å². The van der Waals surface area contributed by atoms with Gasteiger partial charge in [-0.3, -0.25) is 0 Å². The summed E-state index contributed by atoms with van der Waals surface area (Å²) in [5.41, 5.74) is 2.54. The highest BCUT2D eigenvalue weighted by Crippen LogP contribution is 2.39. The van der Waals surface area contributed by atoms with E-state index in [1.807, 2.05) is 0 Å². The van der Waals surface area contributed by atoms with E-state index in [1.54, 1.807) is 0 Å². The van der Waals surface area contributed by atoms with E-state index in [-0.39, 0.29) is 5.60 Å². The van der Waals surface area contributed by atoms with Crippen molar-refractivity contribution >= 4 is 0 Å². The van der Waals surface area contributed by atoms with E-state index in [2.05, 4.69) is 58.1 Å². The van der Waals surface area contributed by atoms with Crippen LogP contribution in [-0.2, 0) is 0 Å². The molecule has 1 unspecified atom stereocenters. The van der Waals surface area contributed by atoms with Crippen LogP contribution in [0.2, 0.25) is 0 Å². The Hall–Kier alpha value is -1.02. The zero-order valence-electron chi connectivity index (χ0n) is 12.9. The fourth-order valence-electron chi connectivity index (χ4n) is 2.70. The lowest BCUT2D eigenvalue weighted by molar-refractivity contribution is 0.0658. The molecule has 0 aromatic heterocycles. The summed E-state index contributed by atoms with van der Waals surface area (Å²) in [6.07, 6.45) is 2.25. The topological polar surface area (TPSA) is 21.3 Å². The van der Waals surface area contributed by atoms with Crippen molar-refractivity contribution in [2.45, 2.75) is 59.1 Å². The normalized spacial score (nSPS) is 21.1. The lowest BCUT2D eigenvalue weighted by Crippen LogP contribution is -2.39. The van der Waals surface area contributed by atoms with Gasteiger partial charge in [0.2, 0.25) is 0 Å². The molecular weight excluding hydrogens is 234 g/mol. The third-order valence-corrected chi connectivity index (χ3v) is 3.74. The van der Waals surface area contributed by atoms with Gasteiger partial charge in [-0.15, -0.1) is 0 Å². The van der Waals surface area contributed by atoms with Gasteiger partial charge >= 0.3 is 0 Å². The molecule has 0 saturated carbocycles. The van der Waals surface area contributed by atoms with Crippen LogP contribution in [0.5, 0.6) is 5.75 Å². The van der Waals surface area contributed by atoms with Gasteiger partial charge in [-0.25, -0.2) is 0 Å². The molecule has 2 rings (SSSR count). The highest BCUT2D eigenvalue weighted by Gasteiger charge is 2.33. The number of hydrogen-bond acceptors (Lipinski definition) is 2. The fraction of sp³-hybridized carbons (Fsp3) is 0.647. The molecule has 0 spiro atoms. The first kappa shape index (κ1) is 14.4. The Morgan fingerprint density at radius 2 is 2.11 bits per heavy atom. The van der Waals surface area contributed by atoms with Crippen LogP contribution >= 0.6 is 0 Å². The second kappa shape index (κ2) is 5.54. The summed E-state index contributed by atoms with van der Waals surface area (Å²) in [6, 6.07) is 6.92. The van der Waals surface area contributed by atoms with Gasteiger partial charge < -0.3 is 10.1 Å². The van der Waals surface area contributed by atoms with Gasteiger partial charge in [0.05, 0.1) is 0 Å². The maximum Gasteiger partial charge on any atom is 0.124 e.